The topological polar surface area (TPSA) is 87.0 Å². The van der Waals surface area contributed by atoms with Crippen LogP contribution in [0.15, 0.2) is 72.8 Å². The number of carbonyl (C=O) groups excluding carboxylic acids is 2. The van der Waals surface area contributed by atoms with Crippen LogP contribution in [-0.2, 0) is 0 Å². The Labute approximate surface area is 210 Å². The molecule has 1 saturated heterocycles. The Kier molecular flexibility index (Phi) is 7.33. The lowest BCUT2D eigenvalue weighted by molar-refractivity contribution is -0.384. The Balaban J connectivity index is 1.69. The van der Waals surface area contributed by atoms with Gasteiger partial charge in [-0.05, 0) is 62.7 Å². The van der Waals surface area contributed by atoms with Gasteiger partial charge in [-0.1, -0.05) is 29.8 Å². The number of carbonyl (C=O) groups is 2. The number of hydrogen-bond acceptors (Lipinski definition) is 5. The highest BCUT2D eigenvalue weighted by atomic mass is 16.6. The molecule has 0 saturated carbocycles. The molecule has 1 atom stereocenters. The maximum Gasteiger partial charge on any atom is 0.269 e. The number of hydrogen-bond donors (Lipinski definition) is 0. The van der Waals surface area contributed by atoms with Gasteiger partial charge in [0.1, 0.15) is 6.17 Å². The van der Waals surface area contributed by atoms with Crippen LogP contribution in [0.4, 0.5) is 11.4 Å². The number of non-ortho nitro benzene ring substituents is 1. The van der Waals surface area contributed by atoms with Gasteiger partial charge in [0.15, 0.2) is 0 Å². The third-order valence-electron chi connectivity index (χ3n) is 6.64. The van der Waals surface area contributed by atoms with Gasteiger partial charge in [-0.15, -0.1) is 0 Å². The lowest BCUT2D eigenvalue weighted by Gasteiger charge is -2.31. The first-order valence-electron chi connectivity index (χ1n) is 12.1. The first kappa shape index (κ1) is 24.9. The first-order chi connectivity index (χ1) is 17.3. The Morgan fingerprint density at radius 3 is 1.75 bits per heavy atom. The van der Waals surface area contributed by atoms with E-state index in [2.05, 4.69) is 18.7 Å². The minimum atomic E-state index is -0.591. The van der Waals surface area contributed by atoms with Crippen LogP contribution in [-0.4, -0.2) is 52.7 Å². The molecule has 2 amide bonds. The highest BCUT2D eigenvalue weighted by Gasteiger charge is 2.39. The van der Waals surface area contributed by atoms with Crippen molar-refractivity contribution in [1.82, 2.24) is 9.80 Å². The van der Waals surface area contributed by atoms with Crippen LogP contribution in [0.3, 0.4) is 0 Å². The average Bonchev–Trinajstić information content (AvgIpc) is 3.34. The summed E-state index contributed by atoms with van der Waals surface area (Å²) in [5.41, 5.74) is 3.80. The van der Waals surface area contributed by atoms with Gasteiger partial charge in [-0.25, -0.2) is 0 Å². The van der Waals surface area contributed by atoms with E-state index in [1.165, 1.54) is 24.3 Å². The Morgan fingerprint density at radius 1 is 0.833 bits per heavy atom. The SMILES string of the molecule is CCN(CC)c1ccc([C@@H]2N(C(=O)c3ccc(C)cc3)CCN2C(=O)c2ccc([N+](=O)[O-])cc2)cc1. The molecule has 0 radical (unpaired) electrons. The number of nitrogens with zero attached hydrogens (tertiary/aromatic N) is 4. The van der Waals surface area contributed by atoms with E-state index in [4.69, 9.17) is 0 Å². The van der Waals surface area contributed by atoms with Crippen LogP contribution in [0.25, 0.3) is 0 Å². The molecule has 3 aromatic rings. The van der Waals surface area contributed by atoms with Gasteiger partial charge in [-0.2, -0.15) is 0 Å². The molecular weight excluding hydrogens is 456 g/mol. The van der Waals surface area contributed by atoms with Crippen molar-refractivity contribution in [2.75, 3.05) is 31.1 Å². The minimum absolute atomic E-state index is 0.0762. The smallest absolute Gasteiger partial charge is 0.269 e. The second-order valence-corrected chi connectivity index (χ2v) is 8.80. The molecule has 0 aliphatic carbocycles. The molecule has 0 N–H and O–H groups in total. The predicted molar refractivity (Wildman–Crippen MR) is 139 cm³/mol. The highest BCUT2D eigenvalue weighted by molar-refractivity contribution is 5.98. The fourth-order valence-corrected chi connectivity index (χ4v) is 4.61. The second kappa shape index (κ2) is 10.6. The Morgan fingerprint density at radius 2 is 1.31 bits per heavy atom. The van der Waals surface area contributed by atoms with Crippen LogP contribution in [0.2, 0.25) is 0 Å². The average molecular weight is 487 g/mol. The summed E-state index contributed by atoms with van der Waals surface area (Å²) in [6.07, 6.45) is -0.591. The third kappa shape index (κ3) is 4.93. The van der Waals surface area contributed by atoms with Gasteiger partial charge in [0.2, 0.25) is 0 Å². The fourth-order valence-electron chi connectivity index (χ4n) is 4.61. The van der Waals surface area contributed by atoms with Crippen molar-refractivity contribution >= 4 is 23.2 Å². The summed E-state index contributed by atoms with van der Waals surface area (Å²) in [5, 5.41) is 11.0. The van der Waals surface area contributed by atoms with Crippen LogP contribution in [0.1, 0.15) is 51.9 Å². The Bertz CT molecular complexity index is 1240. The number of rotatable bonds is 7. The monoisotopic (exact) mass is 486 g/mol. The summed E-state index contributed by atoms with van der Waals surface area (Å²) in [7, 11) is 0. The summed E-state index contributed by atoms with van der Waals surface area (Å²) in [4.78, 5) is 43.2. The maximum absolute atomic E-state index is 13.5. The summed E-state index contributed by atoms with van der Waals surface area (Å²) >= 11 is 0. The van der Waals surface area contributed by atoms with Crippen molar-refractivity contribution in [2.45, 2.75) is 26.9 Å². The molecule has 3 aromatic carbocycles. The van der Waals surface area contributed by atoms with Crippen molar-refractivity contribution in [3.8, 4) is 0 Å². The molecule has 0 unspecified atom stereocenters. The molecule has 8 nitrogen and oxygen atoms in total. The van der Waals surface area contributed by atoms with Gasteiger partial charge in [0.25, 0.3) is 17.5 Å². The molecule has 4 rings (SSSR count). The predicted octanol–water partition coefficient (Wildman–Crippen LogP) is 5.05. The van der Waals surface area contributed by atoms with Gasteiger partial charge in [-0.3, -0.25) is 19.7 Å². The summed E-state index contributed by atoms with van der Waals surface area (Å²) in [5.74, 6) is -0.422. The molecule has 0 bridgehead atoms. The lowest BCUT2D eigenvalue weighted by atomic mass is 10.1. The third-order valence-corrected chi connectivity index (χ3v) is 6.64. The molecule has 1 heterocycles. The van der Waals surface area contributed by atoms with Crippen LogP contribution < -0.4 is 4.90 Å². The molecule has 36 heavy (non-hydrogen) atoms. The molecule has 1 aliphatic rings. The highest BCUT2D eigenvalue weighted by Crippen LogP contribution is 2.34. The summed E-state index contributed by atoms with van der Waals surface area (Å²) < 4.78 is 0. The van der Waals surface area contributed by atoms with Crippen LogP contribution in [0.5, 0.6) is 0 Å². The van der Waals surface area contributed by atoms with Crippen molar-refractivity contribution in [1.29, 1.82) is 0 Å². The zero-order chi connectivity index (χ0) is 25.8. The van der Waals surface area contributed by atoms with E-state index in [1.807, 2.05) is 43.3 Å². The van der Waals surface area contributed by atoms with E-state index in [-0.39, 0.29) is 17.5 Å². The first-order valence-corrected chi connectivity index (χ1v) is 12.1. The van der Waals surface area contributed by atoms with E-state index < -0.39 is 11.1 Å². The zero-order valence-corrected chi connectivity index (χ0v) is 20.8. The number of anilines is 1. The van der Waals surface area contributed by atoms with E-state index in [0.29, 0.717) is 24.2 Å². The zero-order valence-electron chi connectivity index (χ0n) is 20.8. The quantitative estimate of drug-likeness (QED) is 0.345. The van der Waals surface area contributed by atoms with Crippen molar-refractivity contribution in [3.05, 3.63) is 105 Å². The summed E-state index contributed by atoms with van der Waals surface area (Å²) in [6.45, 7) is 8.66. The standard InChI is InChI=1S/C28H30N4O4/c1-4-29(5-2)24-14-10-21(11-15-24)26-30(27(33)22-8-6-20(3)7-9-22)18-19-31(26)28(34)23-12-16-25(17-13-23)32(35)36/h6-17,26H,4-5,18-19H2,1-3H3/t26-/m1/s1. The van der Waals surface area contributed by atoms with E-state index in [9.17, 15) is 19.7 Å². The molecule has 186 valence electrons. The normalized spacial score (nSPS) is 15.1. The van der Waals surface area contributed by atoms with Crippen molar-refractivity contribution in [2.24, 2.45) is 0 Å². The van der Waals surface area contributed by atoms with Gasteiger partial charge in [0, 0.05) is 55.1 Å². The van der Waals surface area contributed by atoms with E-state index >= 15 is 0 Å². The number of aryl methyl sites for hydroxylation is 1. The minimum Gasteiger partial charge on any atom is -0.372 e. The molecule has 1 fully saturated rings. The molecular formula is C28H30N4O4. The van der Waals surface area contributed by atoms with Crippen molar-refractivity contribution in [3.63, 3.8) is 0 Å². The van der Waals surface area contributed by atoms with Crippen LogP contribution >= 0.6 is 0 Å². The number of nitro benzene ring substituents is 1. The second-order valence-electron chi connectivity index (χ2n) is 8.80. The van der Waals surface area contributed by atoms with E-state index in [1.54, 1.807) is 21.9 Å². The van der Waals surface area contributed by atoms with E-state index in [0.717, 1.165) is 29.9 Å². The lowest BCUT2D eigenvalue weighted by Crippen LogP contribution is -2.38. The molecule has 8 heteroatoms. The van der Waals surface area contributed by atoms with Gasteiger partial charge in [0.05, 0.1) is 4.92 Å². The van der Waals surface area contributed by atoms with Crippen LogP contribution in [0, 0.1) is 17.0 Å². The number of nitro groups is 1. The number of benzene rings is 3. The largest absolute Gasteiger partial charge is 0.372 e. The van der Waals surface area contributed by atoms with Crippen molar-refractivity contribution < 1.29 is 14.5 Å². The summed E-state index contributed by atoms with van der Waals surface area (Å²) in [6, 6.07) is 21.0. The van der Waals surface area contributed by atoms with Gasteiger partial charge < -0.3 is 14.7 Å². The molecule has 0 aromatic heterocycles. The fraction of sp³-hybridized carbons (Fsp3) is 0.286. The molecule has 0 spiro atoms. The van der Waals surface area contributed by atoms with Gasteiger partial charge >= 0.3 is 0 Å². The molecule has 1 aliphatic heterocycles. The maximum atomic E-state index is 13.5. The number of amides is 2. The Hall–Kier alpha value is -4.20.